The third-order valence-corrected chi connectivity index (χ3v) is 4.72. The summed E-state index contributed by atoms with van der Waals surface area (Å²) < 4.78 is 10.9. The predicted octanol–water partition coefficient (Wildman–Crippen LogP) is -0.303. The molecule has 0 radical (unpaired) electrons. The molecule has 3 unspecified atom stereocenters. The number of nitrogens with two attached hydrogens (primary N) is 1. The van der Waals surface area contributed by atoms with Crippen molar-refractivity contribution in [1.82, 2.24) is 5.32 Å². The van der Waals surface area contributed by atoms with Crippen molar-refractivity contribution in [1.29, 1.82) is 5.26 Å². The molecule has 3 atom stereocenters. The highest BCUT2D eigenvalue weighted by atomic mass is 16.5. The van der Waals surface area contributed by atoms with E-state index in [-0.39, 0.29) is 34.8 Å². The number of amides is 1. The van der Waals surface area contributed by atoms with Crippen LogP contribution in [-0.4, -0.2) is 17.1 Å². The van der Waals surface area contributed by atoms with Gasteiger partial charge in [-0.1, -0.05) is 24.3 Å². The van der Waals surface area contributed by atoms with E-state index in [0.717, 1.165) is 6.07 Å². The normalized spacial score (nSPS) is 29.0. The maximum Gasteiger partial charge on any atom is 0.240 e. The summed E-state index contributed by atoms with van der Waals surface area (Å²) in [6.07, 6.45) is 7.07. The molecule has 1 spiro atoms. The number of nitrogens with one attached hydrogen (secondary N) is 1. The Morgan fingerprint density at radius 3 is 2.84 bits per heavy atom. The Bertz CT molecular complexity index is 981. The molecule has 0 aromatic carbocycles. The molecule has 8 heteroatoms. The van der Waals surface area contributed by atoms with Crippen LogP contribution in [-0.2, 0) is 16.8 Å². The largest absolute Gasteiger partial charge is 0.458 e. The Labute approximate surface area is 141 Å². The molecule has 1 amide bonds. The number of aliphatic hydroxyl groups is 1. The molecule has 1 aliphatic carbocycles. The summed E-state index contributed by atoms with van der Waals surface area (Å²) in [4.78, 5) is 25.4. The SMILES string of the molecule is N#CC1=C(N)Oc2c(oc(CO)cc2=O)C12C(=O)NC1C=CC=CC12. The summed E-state index contributed by atoms with van der Waals surface area (Å²) in [5.74, 6) is -1.74. The molecule has 3 heterocycles. The highest BCUT2D eigenvalue weighted by Crippen LogP contribution is 2.52. The van der Waals surface area contributed by atoms with Crippen LogP contribution in [0.25, 0.3) is 0 Å². The van der Waals surface area contributed by atoms with Crippen molar-refractivity contribution in [2.45, 2.75) is 18.1 Å². The number of rotatable bonds is 1. The lowest BCUT2D eigenvalue weighted by Gasteiger charge is -2.35. The highest BCUT2D eigenvalue weighted by Gasteiger charge is 2.63. The first-order valence-corrected chi connectivity index (χ1v) is 7.56. The van der Waals surface area contributed by atoms with Gasteiger partial charge in [0.25, 0.3) is 0 Å². The minimum absolute atomic E-state index is 0.0314. The summed E-state index contributed by atoms with van der Waals surface area (Å²) in [6, 6.07) is 2.62. The molecular weight excluding hydrogens is 326 g/mol. The smallest absolute Gasteiger partial charge is 0.240 e. The first-order valence-electron chi connectivity index (χ1n) is 7.56. The lowest BCUT2D eigenvalue weighted by atomic mass is 9.66. The van der Waals surface area contributed by atoms with Gasteiger partial charge in [0.05, 0.1) is 6.04 Å². The van der Waals surface area contributed by atoms with Crippen molar-refractivity contribution in [3.8, 4) is 11.8 Å². The van der Waals surface area contributed by atoms with Gasteiger partial charge in [0.1, 0.15) is 24.0 Å². The van der Waals surface area contributed by atoms with Crippen LogP contribution < -0.4 is 21.2 Å². The molecule has 25 heavy (non-hydrogen) atoms. The molecule has 1 aromatic rings. The maximum absolute atomic E-state index is 13.0. The van der Waals surface area contributed by atoms with Crippen molar-refractivity contribution in [2.75, 3.05) is 0 Å². The van der Waals surface area contributed by atoms with Crippen LogP contribution in [0.1, 0.15) is 11.5 Å². The number of hydrogen-bond donors (Lipinski definition) is 3. The Kier molecular flexibility index (Phi) is 3.10. The van der Waals surface area contributed by atoms with E-state index in [9.17, 15) is 20.0 Å². The van der Waals surface area contributed by atoms with Gasteiger partial charge >= 0.3 is 0 Å². The molecule has 2 aliphatic heterocycles. The van der Waals surface area contributed by atoms with E-state index < -0.39 is 29.3 Å². The summed E-state index contributed by atoms with van der Waals surface area (Å²) in [5, 5.41) is 21.8. The fraction of sp³-hybridized carbons (Fsp3) is 0.235. The third-order valence-electron chi connectivity index (χ3n) is 4.72. The number of fused-ring (bicyclic) bond motifs is 4. The summed E-state index contributed by atoms with van der Waals surface area (Å²) >= 11 is 0. The van der Waals surface area contributed by atoms with E-state index in [4.69, 9.17) is 14.9 Å². The summed E-state index contributed by atoms with van der Waals surface area (Å²) in [5.41, 5.74) is 3.53. The Morgan fingerprint density at radius 1 is 1.36 bits per heavy atom. The van der Waals surface area contributed by atoms with Gasteiger partial charge in [-0.3, -0.25) is 9.59 Å². The Morgan fingerprint density at radius 2 is 2.12 bits per heavy atom. The molecule has 0 bridgehead atoms. The first kappa shape index (κ1) is 15.2. The first-order chi connectivity index (χ1) is 12.0. The minimum Gasteiger partial charge on any atom is -0.458 e. The average Bonchev–Trinajstić information content (AvgIpc) is 2.89. The van der Waals surface area contributed by atoms with Crippen LogP contribution in [0.4, 0.5) is 0 Å². The topological polar surface area (TPSA) is 139 Å². The van der Waals surface area contributed by atoms with Gasteiger partial charge in [-0.05, 0) is 0 Å². The van der Waals surface area contributed by atoms with Crippen LogP contribution in [0.15, 0.2) is 51.0 Å². The number of nitriles is 1. The van der Waals surface area contributed by atoms with Gasteiger partial charge in [0.15, 0.2) is 11.2 Å². The molecule has 1 saturated heterocycles. The van der Waals surface area contributed by atoms with Crippen molar-refractivity contribution >= 4 is 5.91 Å². The van der Waals surface area contributed by atoms with E-state index in [2.05, 4.69) is 5.32 Å². The quantitative estimate of drug-likeness (QED) is 0.638. The fourth-order valence-electron chi connectivity index (χ4n) is 3.69. The van der Waals surface area contributed by atoms with E-state index in [1.165, 1.54) is 0 Å². The average molecular weight is 339 g/mol. The molecule has 4 rings (SSSR count). The van der Waals surface area contributed by atoms with Gasteiger partial charge in [0.2, 0.25) is 23.0 Å². The van der Waals surface area contributed by atoms with Crippen LogP contribution >= 0.6 is 0 Å². The van der Waals surface area contributed by atoms with Gasteiger partial charge in [-0.15, -0.1) is 0 Å². The molecule has 126 valence electrons. The van der Waals surface area contributed by atoms with E-state index in [1.807, 2.05) is 6.07 Å². The number of nitrogens with zero attached hydrogens (tertiary/aromatic N) is 1. The zero-order valence-corrected chi connectivity index (χ0v) is 12.9. The lowest BCUT2D eigenvalue weighted by Crippen LogP contribution is -2.46. The van der Waals surface area contributed by atoms with Crippen LogP contribution in [0.2, 0.25) is 0 Å². The number of carbonyl (C=O) groups excluding carboxylic acids is 1. The standard InChI is InChI=1S/C17H13N3O5/c18-6-10-15(19)25-13-12(22)5-8(7-21)24-14(13)17(10)9-3-1-2-4-11(9)20-16(17)23/h1-5,9,11,21H,7,19H2,(H,20,23). The van der Waals surface area contributed by atoms with Crippen LogP contribution in [0, 0.1) is 17.2 Å². The van der Waals surface area contributed by atoms with Crippen LogP contribution in [0.3, 0.4) is 0 Å². The molecule has 4 N–H and O–H groups in total. The molecule has 1 aromatic heterocycles. The van der Waals surface area contributed by atoms with Gasteiger partial charge in [-0.25, -0.2) is 0 Å². The minimum atomic E-state index is -1.62. The lowest BCUT2D eigenvalue weighted by molar-refractivity contribution is -0.124. The highest BCUT2D eigenvalue weighted by molar-refractivity contribution is 5.97. The second kappa shape index (κ2) is 5.09. The number of carbonyl (C=O) groups is 1. The molecular formula is C17H13N3O5. The Balaban J connectivity index is 2.11. The number of hydrogen-bond acceptors (Lipinski definition) is 7. The summed E-state index contributed by atoms with van der Waals surface area (Å²) in [7, 11) is 0. The van der Waals surface area contributed by atoms with E-state index in [0.29, 0.717) is 0 Å². The molecule has 1 fully saturated rings. The van der Waals surface area contributed by atoms with Crippen molar-refractivity contribution in [2.24, 2.45) is 11.7 Å². The Hall–Kier alpha value is -3.31. The van der Waals surface area contributed by atoms with Crippen molar-refractivity contribution in [3.63, 3.8) is 0 Å². The van der Waals surface area contributed by atoms with Crippen molar-refractivity contribution < 1.29 is 19.1 Å². The molecule has 0 saturated carbocycles. The van der Waals surface area contributed by atoms with Gasteiger partial charge < -0.3 is 25.3 Å². The van der Waals surface area contributed by atoms with Crippen LogP contribution in [0.5, 0.6) is 5.75 Å². The maximum atomic E-state index is 13.0. The van der Waals surface area contributed by atoms with Crippen molar-refractivity contribution in [3.05, 3.63) is 63.6 Å². The van der Waals surface area contributed by atoms with E-state index >= 15 is 0 Å². The number of aliphatic hydroxyl groups excluding tert-OH is 1. The number of allylic oxidation sites excluding steroid dienone is 2. The van der Waals surface area contributed by atoms with E-state index in [1.54, 1.807) is 24.3 Å². The number of ether oxygens (including phenoxy) is 1. The monoisotopic (exact) mass is 339 g/mol. The molecule has 3 aliphatic rings. The second-order valence-corrected chi connectivity index (χ2v) is 5.95. The fourth-order valence-corrected chi connectivity index (χ4v) is 3.69. The second-order valence-electron chi connectivity index (χ2n) is 5.95. The van der Waals surface area contributed by atoms with Gasteiger partial charge in [0, 0.05) is 12.0 Å². The zero-order chi connectivity index (χ0) is 17.8. The van der Waals surface area contributed by atoms with Gasteiger partial charge in [-0.2, -0.15) is 5.26 Å². The zero-order valence-electron chi connectivity index (χ0n) is 12.9. The summed E-state index contributed by atoms with van der Waals surface area (Å²) in [6.45, 7) is -0.537. The molecule has 8 nitrogen and oxygen atoms in total. The third kappa shape index (κ3) is 1.78. The predicted molar refractivity (Wildman–Crippen MR) is 83.7 cm³/mol.